The van der Waals surface area contributed by atoms with Crippen LogP contribution in [0.25, 0.3) is 21.7 Å². The summed E-state index contributed by atoms with van der Waals surface area (Å²) in [5.41, 5.74) is 3.53. The predicted molar refractivity (Wildman–Crippen MR) is 103 cm³/mol. The quantitative estimate of drug-likeness (QED) is 0.491. The third-order valence-corrected chi connectivity index (χ3v) is 5.16. The lowest BCUT2D eigenvalue weighted by molar-refractivity contribution is 0.306. The van der Waals surface area contributed by atoms with Gasteiger partial charge in [-0.3, -0.25) is 0 Å². The molecule has 0 radical (unpaired) electrons. The lowest BCUT2D eigenvalue weighted by atomic mass is 10.1. The van der Waals surface area contributed by atoms with Crippen molar-refractivity contribution < 1.29 is 9.15 Å². The highest BCUT2D eigenvalue weighted by molar-refractivity contribution is 5.84. The van der Waals surface area contributed by atoms with Crippen LogP contribution in [0.1, 0.15) is 23.1 Å². The Bertz CT molecular complexity index is 1190. The number of aryl methyl sites for hydroxylation is 1. The zero-order valence-electron chi connectivity index (χ0n) is 14.3. The molecule has 0 N–H and O–H groups in total. The second kappa shape index (κ2) is 6.03. The largest absolute Gasteiger partial charge is 0.489 e. The highest BCUT2D eigenvalue weighted by Crippen LogP contribution is 2.30. The second-order valence-corrected chi connectivity index (χ2v) is 6.83. The van der Waals surface area contributed by atoms with E-state index in [4.69, 9.17) is 9.15 Å². The Morgan fingerprint density at radius 3 is 2.65 bits per heavy atom. The summed E-state index contributed by atoms with van der Waals surface area (Å²) in [7, 11) is 0. The topological polar surface area (TPSA) is 39.4 Å². The fraction of sp³-hybridized carbons (Fsp3) is 0.174. The van der Waals surface area contributed by atoms with Crippen molar-refractivity contribution in [3.63, 3.8) is 0 Å². The van der Waals surface area contributed by atoms with Crippen molar-refractivity contribution in [3.8, 4) is 5.75 Å². The van der Waals surface area contributed by atoms with Crippen LogP contribution in [0, 0.1) is 0 Å². The molecule has 3 aromatic carbocycles. The van der Waals surface area contributed by atoms with Crippen LogP contribution in [-0.4, -0.2) is 0 Å². The molecule has 1 heterocycles. The van der Waals surface area contributed by atoms with Gasteiger partial charge in [-0.25, -0.2) is 4.79 Å². The summed E-state index contributed by atoms with van der Waals surface area (Å²) in [6, 6.07) is 20.4. The molecule has 4 aromatic rings. The van der Waals surface area contributed by atoms with E-state index in [0.717, 1.165) is 41.3 Å². The highest BCUT2D eigenvalue weighted by Gasteiger charge is 2.19. The maximum absolute atomic E-state index is 12.1. The van der Waals surface area contributed by atoms with Crippen LogP contribution in [0.5, 0.6) is 5.75 Å². The Morgan fingerprint density at radius 1 is 0.885 bits per heavy atom. The van der Waals surface area contributed by atoms with Crippen LogP contribution in [-0.2, 0) is 19.4 Å². The van der Waals surface area contributed by atoms with Gasteiger partial charge in [0.15, 0.2) is 0 Å². The van der Waals surface area contributed by atoms with Gasteiger partial charge in [0.25, 0.3) is 0 Å². The Labute approximate surface area is 150 Å². The van der Waals surface area contributed by atoms with Gasteiger partial charge in [-0.2, -0.15) is 0 Å². The Morgan fingerprint density at radius 2 is 1.73 bits per heavy atom. The van der Waals surface area contributed by atoms with Crippen molar-refractivity contribution in [2.75, 3.05) is 0 Å². The van der Waals surface area contributed by atoms with Crippen molar-refractivity contribution in [3.05, 3.63) is 87.8 Å². The third kappa shape index (κ3) is 2.57. The third-order valence-electron chi connectivity index (χ3n) is 5.16. The summed E-state index contributed by atoms with van der Waals surface area (Å²) in [5, 5.41) is 3.46. The lowest BCUT2D eigenvalue weighted by Gasteiger charge is -2.09. The van der Waals surface area contributed by atoms with Crippen molar-refractivity contribution >= 4 is 21.7 Å². The minimum atomic E-state index is -0.198. The molecule has 0 bridgehead atoms. The zero-order chi connectivity index (χ0) is 17.5. The van der Waals surface area contributed by atoms with Gasteiger partial charge in [-0.1, -0.05) is 36.4 Å². The molecular weight excluding hydrogens is 324 g/mol. The molecule has 0 fully saturated rings. The summed E-state index contributed by atoms with van der Waals surface area (Å²) < 4.78 is 11.5. The van der Waals surface area contributed by atoms with Gasteiger partial charge in [-0.15, -0.1) is 0 Å². The van der Waals surface area contributed by atoms with Crippen LogP contribution in [0.3, 0.4) is 0 Å². The molecule has 3 nitrogen and oxygen atoms in total. The average Bonchev–Trinajstić information content (AvgIpc) is 3.17. The van der Waals surface area contributed by atoms with E-state index in [2.05, 4.69) is 30.3 Å². The van der Waals surface area contributed by atoms with Crippen LogP contribution in [0.2, 0.25) is 0 Å². The molecule has 0 unspecified atom stereocenters. The molecule has 1 aromatic heterocycles. The predicted octanol–water partition coefficient (Wildman–Crippen LogP) is 5.01. The molecule has 0 aliphatic heterocycles. The zero-order valence-corrected chi connectivity index (χ0v) is 14.3. The molecule has 1 aliphatic carbocycles. The molecule has 3 heteroatoms. The van der Waals surface area contributed by atoms with Gasteiger partial charge in [-0.05, 0) is 59.4 Å². The van der Waals surface area contributed by atoms with E-state index in [9.17, 15) is 4.79 Å². The maximum atomic E-state index is 12.1. The molecule has 0 atom stereocenters. The van der Waals surface area contributed by atoms with E-state index >= 15 is 0 Å². The number of rotatable bonds is 3. The first-order valence-corrected chi connectivity index (χ1v) is 8.97. The fourth-order valence-corrected chi connectivity index (χ4v) is 3.85. The first-order chi connectivity index (χ1) is 12.8. The van der Waals surface area contributed by atoms with Crippen molar-refractivity contribution in [1.82, 2.24) is 0 Å². The van der Waals surface area contributed by atoms with E-state index in [1.165, 1.54) is 10.8 Å². The van der Waals surface area contributed by atoms with Crippen molar-refractivity contribution in [1.29, 1.82) is 0 Å². The van der Waals surface area contributed by atoms with Crippen LogP contribution >= 0.6 is 0 Å². The van der Waals surface area contributed by atoms with Crippen LogP contribution < -0.4 is 10.4 Å². The summed E-state index contributed by atoms with van der Waals surface area (Å²) in [4.78, 5) is 12.1. The minimum Gasteiger partial charge on any atom is -0.489 e. The van der Waals surface area contributed by atoms with Crippen LogP contribution in [0.4, 0.5) is 0 Å². The number of fused-ring (bicyclic) bond motifs is 4. The number of ether oxygens (including phenoxy) is 1. The lowest BCUT2D eigenvalue weighted by Crippen LogP contribution is -2.06. The fourth-order valence-electron chi connectivity index (χ4n) is 3.85. The Kier molecular flexibility index (Phi) is 3.52. The normalized spacial score (nSPS) is 13.2. The Balaban J connectivity index is 1.44. The smallest absolute Gasteiger partial charge is 0.339 e. The van der Waals surface area contributed by atoms with Gasteiger partial charge < -0.3 is 9.15 Å². The van der Waals surface area contributed by atoms with Gasteiger partial charge >= 0.3 is 5.63 Å². The van der Waals surface area contributed by atoms with Gasteiger partial charge in [0.2, 0.25) is 0 Å². The van der Waals surface area contributed by atoms with E-state index in [0.29, 0.717) is 17.9 Å². The molecule has 5 rings (SSSR count). The monoisotopic (exact) mass is 342 g/mol. The van der Waals surface area contributed by atoms with E-state index in [-0.39, 0.29) is 5.63 Å². The van der Waals surface area contributed by atoms with Crippen molar-refractivity contribution in [2.45, 2.75) is 25.9 Å². The molecule has 0 spiro atoms. The summed E-state index contributed by atoms with van der Waals surface area (Å²) in [5.74, 6) is 0.715. The summed E-state index contributed by atoms with van der Waals surface area (Å²) in [6.07, 6.45) is 2.81. The van der Waals surface area contributed by atoms with Crippen molar-refractivity contribution in [2.24, 2.45) is 0 Å². The van der Waals surface area contributed by atoms with Gasteiger partial charge in [0.05, 0.1) is 0 Å². The molecule has 0 saturated carbocycles. The number of hydrogen-bond acceptors (Lipinski definition) is 3. The summed E-state index contributed by atoms with van der Waals surface area (Å²) >= 11 is 0. The van der Waals surface area contributed by atoms with Gasteiger partial charge in [0.1, 0.15) is 17.9 Å². The number of benzene rings is 3. The average molecular weight is 342 g/mol. The molecular formula is C23H18O3. The number of hydrogen-bond donors (Lipinski definition) is 0. The molecule has 0 saturated heterocycles. The minimum absolute atomic E-state index is 0.198. The standard InChI is InChI=1S/C23H18O3/c24-23-21-7-3-6-19(21)20-11-10-18(13-22(20)26-23)25-14-15-8-9-16-4-1-2-5-17(16)12-15/h1-2,4-5,8-13H,3,6-7,14H2. The van der Waals surface area contributed by atoms with E-state index in [1.54, 1.807) is 0 Å². The van der Waals surface area contributed by atoms with Gasteiger partial charge in [0, 0.05) is 17.0 Å². The van der Waals surface area contributed by atoms with Crippen LogP contribution in [0.15, 0.2) is 69.9 Å². The maximum Gasteiger partial charge on any atom is 0.339 e. The molecule has 128 valence electrons. The summed E-state index contributed by atoms with van der Waals surface area (Å²) in [6.45, 7) is 0.478. The first-order valence-electron chi connectivity index (χ1n) is 8.97. The second-order valence-electron chi connectivity index (χ2n) is 6.83. The first kappa shape index (κ1) is 15.2. The molecule has 1 aliphatic rings. The Hall–Kier alpha value is -3.07. The molecule has 0 amide bonds. The highest BCUT2D eigenvalue weighted by atomic mass is 16.5. The molecule has 26 heavy (non-hydrogen) atoms. The SMILES string of the molecule is O=c1oc2cc(OCc3ccc4ccccc4c3)ccc2c2c1CCC2. The van der Waals surface area contributed by atoms with E-state index in [1.807, 2.05) is 30.3 Å². The van der Waals surface area contributed by atoms with E-state index < -0.39 is 0 Å².